The second-order valence-corrected chi connectivity index (χ2v) is 4.52. The molecule has 2 aliphatic rings. The minimum Gasteiger partial charge on any atom is -0.396 e. The summed E-state index contributed by atoms with van der Waals surface area (Å²) < 4.78 is 0. The van der Waals surface area contributed by atoms with E-state index in [0.29, 0.717) is 0 Å². The van der Waals surface area contributed by atoms with Crippen LogP contribution in [0.2, 0.25) is 0 Å². The number of urea groups is 1. The fourth-order valence-corrected chi connectivity index (χ4v) is 2.56. The number of nitrogens with one attached hydrogen (secondary N) is 1. The van der Waals surface area contributed by atoms with Gasteiger partial charge in [-0.3, -0.25) is 0 Å². The van der Waals surface area contributed by atoms with Gasteiger partial charge in [0, 0.05) is 25.0 Å². The zero-order chi connectivity index (χ0) is 10.0. The zero-order valence-electron chi connectivity index (χ0n) is 8.46. The molecule has 0 atom stereocenters. The number of nitrogens with zero attached hydrogens (tertiary/aromatic N) is 1. The Balaban J connectivity index is 1.96. The van der Waals surface area contributed by atoms with E-state index >= 15 is 0 Å². The lowest BCUT2D eigenvalue weighted by molar-refractivity contribution is 0.0967. The third-order valence-electron chi connectivity index (χ3n) is 3.47. The van der Waals surface area contributed by atoms with E-state index in [-0.39, 0.29) is 18.1 Å². The highest BCUT2D eigenvalue weighted by Gasteiger charge is 2.37. The summed E-state index contributed by atoms with van der Waals surface area (Å²) in [6, 6.07) is 0.0322. The van der Waals surface area contributed by atoms with Crippen LogP contribution < -0.4 is 5.32 Å². The highest BCUT2D eigenvalue weighted by atomic mass is 16.3. The highest BCUT2D eigenvalue weighted by molar-refractivity contribution is 5.76. The van der Waals surface area contributed by atoms with E-state index in [9.17, 15) is 9.90 Å². The molecule has 0 aromatic heterocycles. The van der Waals surface area contributed by atoms with Crippen LogP contribution in [0.15, 0.2) is 0 Å². The molecule has 1 aliphatic heterocycles. The van der Waals surface area contributed by atoms with Gasteiger partial charge in [-0.1, -0.05) is 12.8 Å². The third-order valence-corrected chi connectivity index (χ3v) is 3.47. The largest absolute Gasteiger partial charge is 0.396 e. The van der Waals surface area contributed by atoms with E-state index in [2.05, 4.69) is 5.32 Å². The highest BCUT2D eigenvalue weighted by Crippen LogP contribution is 2.38. The van der Waals surface area contributed by atoms with E-state index in [1.807, 2.05) is 4.90 Å². The molecule has 0 aromatic carbocycles. The van der Waals surface area contributed by atoms with Gasteiger partial charge < -0.3 is 15.3 Å². The molecule has 2 N–H and O–H groups in total. The van der Waals surface area contributed by atoms with Gasteiger partial charge in [0.2, 0.25) is 0 Å². The summed E-state index contributed by atoms with van der Waals surface area (Å²) >= 11 is 0. The summed E-state index contributed by atoms with van der Waals surface area (Å²) in [6.07, 6.45) is 4.51. The first-order valence-corrected chi connectivity index (χ1v) is 5.39. The molecule has 0 radical (unpaired) electrons. The molecule has 1 heterocycles. The fraction of sp³-hybridized carbons (Fsp3) is 0.900. The number of carbonyl (C=O) groups is 1. The quantitative estimate of drug-likeness (QED) is 0.696. The van der Waals surface area contributed by atoms with E-state index in [1.165, 1.54) is 12.8 Å². The molecule has 2 fully saturated rings. The number of aliphatic hydroxyl groups excluding tert-OH is 1. The first-order valence-electron chi connectivity index (χ1n) is 5.39. The van der Waals surface area contributed by atoms with Gasteiger partial charge in [-0.05, 0) is 12.8 Å². The number of hydrogen-bond acceptors (Lipinski definition) is 2. The molecule has 1 saturated heterocycles. The summed E-state index contributed by atoms with van der Waals surface area (Å²) in [5, 5.41) is 12.2. The van der Waals surface area contributed by atoms with Crippen molar-refractivity contribution in [2.24, 2.45) is 5.41 Å². The van der Waals surface area contributed by atoms with Crippen LogP contribution in [-0.4, -0.2) is 42.3 Å². The van der Waals surface area contributed by atoms with Crippen molar-refractivity contribution in [3.05, 3.63) is 0 Å². The van der Waals surface area contributed by atoms with Gasteiger partial charge >= 0.3 is 6.03 Å². The van der Waals surface area contributed by atoms with Gasteiger partial charge in [-0.2, -0.15) is 0 Å². The number of aliphatic hydroxyl groups is 1. The lowest BCUT2D eigenvalue weighted by Crippen LogP contribution is -2.40. The maximum atomic E-state index is 11.4. The van der Waals surface area contributed by atoms with Crippen LogP contribution in [-0.2, 0) is 0 Å². The summed E-state index contributed by atoms with van der Waals surface area (Å²) in [4.78, 5) is 13.2. The Morgan fingerprint density at radius 3 is 2.64 bits per heavy atom. The average Bonchev–Trinajstić information content (AvgIpc) is 2.79. The van der Waals surface area contributed by atoms with Gasteiger partial charge in [-0.25, -0.2) is 4.79 Å². The summed E-state index contributed by atoms with van der Waals surface area (Å²) in [6.45, 7) is 2.49. The molecule has 4 nitrogen and oxygen atoms in total. The van der Waals surface area contributed by atoms with Crippen molar-refractivity contribution in [2.75, 3.05) is 26.2 Å². The molecular formula is C10H18N2O2. The summed E-state index contributed by atoms with van der Waals surface area (Å²) in [7, 11) is 0. The molecule has 1 aliphatic carbocycles. The van der Waals surface area contributed by atoms with Crippen molar-refractivity contribution in [1.82, 2.24) is 10.2 Å². The van der Waals surface area contributed by atoms with Crippen LogP contribution in [0.5, 0.6) is 0 Å². The van der Waals surface area contributed by atoms with E-state index in [1.54, 1.807) is 0 Å². The molecular weight excluding hydrogens is 180 g/mol. The molecule has 1 saturated carbocycles. The lowest BCUT2D eigenvalue weighted by Gasteiger charge is -2.30. The Morgan fingerprint density at radius 2 is 2.14 bits per heavy atom. The topological polar surface area (TPSA) is 52.6 Å². The van der Waals surface area contributed by atoms with Crippen LogP contribution in [0.3, 0.4) is 0 Å². The zero-order valence-corrected chi connectivity index (χ0v) is 8.46. The minimum absolute atomic E-state index is 0.00167. The van der Waals surface area contributed by atoms with Gasteiger partial charge in [0.1, 0.15) is 0 Å². The number of carbonyl (C=O) groups excluding carboxylic acids is 1. The van der Waals surface area contributed by atoms with Gasteiger partial charge in [0.15, 0.2) is 0 Å². The van der Waals surface area contributed by atoms with Crippen molar-refractivity contribution in [2.45, 2.75) is 25.7 Å². The first kappa shape index (κ1) is 9.77. The summed E-state index contributed by atoms with van der Waals surface area (Å²) in [5.41, 5.74) is 0.00167. The lowest BCUT2D eigenvalue weighted by atomic mass is 9.87. The van der Waals surface area contributed by atoms with Gasteiger partial charge in [0.05, 0.1) is 6.61 Å². The molecule has 0 aromatic rings. The van der Waals surface area contributed by atoms with Crippen molar-refractivity contribution < 1.29 is 9.90 Å². The molecule has 4 heteroatoms. The third kappa shape index (κ3) is 1.71. The second-order valence-electron chi connectivity index (χ2n) is 4.52. The molecule has 2 rings (SSSR count). The Kier molecular flexibility index (Phi) is 2.63. The van der Waals surface area contributed by atoms with E-state index < -0.39 is 0 Å². The standard InChI is InChI=1S/C10H18N2O2/c13-8-10(3-1-2-4-10)7-12-6-5-11-9(12)14/h13H,1-8H2,(H,11,14). The van der Waals surface area contributed by atoms with Crippen LogP contribution in [0.4, 0.5) is 4.79 Å². The monoisotopic (exact) mass is 198 g/mol. The average molecular weight is 198 g/mol. The van der Waals surface area contributed by atoms with E-state index in [4.69, 9.17) is 0 Å². The number of amides is 2. The summed E-state index contributed by atoms with van der Waals surface area (Å²) in [5.74, 6) is 0. The second kappa shape index (κ2) is 3.77. The number of rotatable bonds is 3. The molecule has 0 bridgehead atoms. The Morgan fingerprint density at radius 1 is 1.43 bits per heavy atom. The minimum atomic E-state index is 0.00167. The maximum absolute atomic E-state index is 11.4. The van der Waals surface area contributed by atoms with Crippen LogP contribution in [0.25, 0.3) is 0 Å². The van der Waals surface area contributed by atoms with Crippen LogP contribution >= 0.6 is 0 Å². The molecule has 0 spiro atoms. The predicted molar refractivity (Wildman–Crippen MR) is 53.0 cm³/mol. The number of hydrogen-bond donors (Lipinski definition) is 2. The Labute approximate surface area is 84.3 Å². The SMILES string of the molecule is O=C1NCCN1CC1(CO)CCCC1. The maximum Gasteiger partial charge on any atom is 0.317 e. The van der Waals surface area contributed by atoms with Crippen molar-refractivity contribution in [3.8, 4) is 0 Å². The van der Waals surface area contributed by atoms with Gasteiger partial charge in [0.25, 0.3) is 0 Å². The molecule has 80 valence electrons. The van der Waals surface area contributed by atoms with Gasteiger partial charge in [-0.15, -0.1) is 0 Å². The molecule has 14 heavy (non-hydrogen) atoms. The van der Waals surface area contributed by atoms with Crippen LogP contribution in [0.1, 0.15) is 25.7 Å². The van der Waals surface area contributed by atoms with Crippen molar-refractivity contribution in [1.29, 1.82) is 0 Å². The molecule has 2 amide bonds. The Bertz CT molecular complexity index is 224. The van der Waals surface area contributed by atoms with E-state index in [0.717, 1.165) is 32.5 Å². The van der Waals surface area contributed by atoms with Crippen molar-refractivity contribution in [3.63, 3.8) is 0 Å². The smallest absolute Gasteiger partial charge is 0.317 e. The normalized spacial score (nSPS) is 25.5. The van der Waals surface area contributed by atoms with Crippen LogP contribution in [0, 0.1) is 5.41 Å². The predicted octanol–water partition coefficient (Wildman–Crippen LogP) is 0.564. The fourth-order valence-electron chi connectivity index (χ4n) is 2.56. The Hall–Kier alpha value is -0.770. The molecule has 0 unspecified atom stereocenters. The first-order chi connectivity index (χ1) is 6.76. The van der Waals surface area contributed by atoms with Crippen molar-refractivity contribution >= 4 is 6.03 Å².